The van der Waals surface area contributed by atoms with Crippen LogP contribution in [0.5, 0.6) is 5.75 Å². The van der Waals surface area contributed by atoms with Gasteiger partial charge in [0.2, 0.25) is 0 Å². The third kappa shape index (κ3) is 3.58. The fourth-order valence-electron chi connectivity index (χ4n) is 2.57. The smallest absolute Gasteiger partial charge is 0.123 e. The molecule has 0 bridgehead atoms. The number of nitrogens with zero attached hydrogens (tertiary/aromatic N) is 2. The Morgan fingerprint density at radius 3 is 2.81 bits per heavy atom. The summed E-state index contributed by atoms with van der Waals surface area (Å²) in [5.74, 6) is 0.524. The topological polar surface area (TPSA) is 25.4 Å². The van der Waals surface area contributed by atoms with Gasteiger partial charge in [0.05, 0.1) is 7.11 Å². The maximum atomic E-state index is 13.5. The molecular formula is C17H19FN2O. The summed E-state index contributed by atoms with van der Waals surface area (Å²) in [6, 6.07) is 9.30. The summed E-state index contributed by atoms with van der Waals surface area (Å²) in [6.07, 6.45) is 6.08. The standard InChI is InChI=1S/C17H19FN2O/c1-21-17-7-4-15(18)9-14(17)12-20(16-5-6-16)11-13-3-2-8-19-10-13/h2-4,7-10,16H,5-6,11-12H2,1H3. The van der Waals surface area contributed by atoms with Crippen molar-refractivity contribution in [3.05, 3.63) is 59.7 Å². The number of benzene rings is 1. The van der Waals surface area contributed by atoms with Crippen LogP contribution in [-0.2, 0) is 13.1 Å². The Labute approximate surface area is 124 Å². The normalized spacial score (nSPS) is 14.4. The van der Waals surface area contributed by atoms with Crippen LogP contribution in [0.4, 0.5) is 4.39 Å². The SMILES string of the molecule is COc1ccc(F)cc1CN(Cc1cccnc1)C1CC1. The van der Waals surface area contributed by atoms with Gasteiger partial charge in [0.25, 0.3) is 0 Å². The lowest BCUT2D eigenvalue weighted by molar-refractivity contribution is 0.241. The summed E-state index contributed by atoms with van der Waals surface area (Å²) in [7, 11) is 1.62. The second kappa shape index (κ2) is 6.22. The summed E-state index contributed by atoms with van der Waals surface area (Å²) in [5.41, 5.74) is 2.08. The van der Waals surface area contributed by atoms with E-state index in [1.165, 1.54) is 24.5 Å². The molecule has 110 valence electrons. The molecule has 1 aromatic heterocycles. The van der Waals surface area contributed by atoms with Gasteiger partial charge in [0.15, 0.2) is 0 Å². The molecule has 1 saturated carbocycles. The first kappa shape index (κ1) is 14.0. The lowest BCUT2D eigenvalue weighted by atomic mass is 10.1. The van der Waals surface area contributed by atoms with Crippen molar-refractivity contribution in [3.63, 3.8) is 0 Å². The molecule has 0 spiro atoms. The van der Waals surface area contributed by atoms with Crippen LogP contribution >= 0.6 is 0 Å². The van der Waals surface area contributed by atoms with Gasteiger partial charge in [-0.1, -0.05) is 6.07 Å². The van der Waals surface area contributed by atoms with Crippen LogP contribution in [0.2, 0.25) is 0 Å². The van der Waals surface area contributed by atoms with E-state index in [1.54, 1.807) is 25.4 Å². The summed E-state index contributed by atoms with van der Waals surface area (Å²) >= 11 is 0. The predicted octanol–water partition coefficient (Wildman–Crippen LogP) is 3.39. The van der Waals surface area contributed by atoms with Crippen molar-refractivity contribution in [2.75, 3.05) is 7.11 Å². The van der Waals surface area contributed by atoms with Gasteiger partial charge in [0, 0.05) is 37.1 Å². The number of aromatic nitrogens is 1. The molecule has 0 N–H and O–H groups in total. The maximum absolute atomic E-state index is 13.5. The molecule has 21 heavy (non-hydrogen) atoms. The van der Waals surface area contributed by atoms with Crippen LogP contribution in [0.15, 0.2) is 42.7 Å². The first-order valence-corrected chi connectivity index (χ1v) is 7.21. The highest BCUT2D eigenvalue weighted by Gasteiger charge is 2.29. The van der Waals surface area contributed by atoms with E-state index in [9.17, 15) is 4.39 Å². The van der Waals surface area contributed by atoms with Gasteiger partial charge in [0.1, 0.15) is 11.6 Å². The lowest BCUT2D eigenvalue weighted by Crippen LogP contribution is -2.25. The highest BCUT2D eigenvalue weighted by Crippen LogP contribution is 2.31. The Bertz CT molecular complexity index is 599. The van der Waals surface area contributed by atoms with Crippen LogP contribution in [0.3, 0.4) is 0 Å². The molecule has 3 rings (SSSR count). The molecule has 0 aliphatic heterocycles. The van der Waals surface area contributed by atoms with Gasteiger partial charge < -0.3 is 4.74 Å². The van der Waals surface area contributed by atoms with E-state index in [1.807, 2.05) is 12.3 Å². The summed E-state index contributed by atoms with van der Waals surface area (Å²) in [5, 5.41) is 0. The van der Waals surface area contributed by atoms with Crippen LogP contribution in [0.25, 0.3) is 0 Å². The molecule has 1 aliphatic carbocycles. The molecule has 2 aromatic rings. The molecule has 3 nitrogen and oxygen atoms in total. The second-order valence-electron chi connectivity index (χ2n) is 5.45. The van der Waals surface area contributed by atoms with E-state index in [0.717, 1.165) is 17.9 Å². The molecule has 0 unspecified atom stereocenters. The molecule has 1 heterocycles. The van der Waals surface area contributed by atoms with Crippen molar-refractivity contribution in [3.8, 4) is 5.75 Å². The van der Waals surface area contributed by atoms with Gasteiger partial charge in [-0.2, -0.15) is 0 Å². The Morgan fingerprint density at radius 2 is 2.14 bits per heavy atom. The molecule has 1 aromatic carbocycles. The summed E-state index contributed by atoms with van der Waals surface area (Å²) in [4.78, 5) is 6.53. The van der Waals surface area contributed by atoms with Gasteiger partial charge in [-0.3, -0.25) is 9.88 Å². The van der Waals surface area contributed by atoms with Gasteiger partial charge in [-0.25, -0.2) is 4.39 Å². The van der Waals surface area contributed by atoms with E-state index in [2.05, 4.69) is 16.0 Å². The zero-order chi connectivity index (χ0) is 14.7. The minimum atomic E-state index is -0.220. The first-order valence-electron chi connectivity index (χ1n) is 7.21. The fraction of sp³-hybridized carbons (Fsp3) is 0.353. The van der Waals surface area contributed by atoms with Gasteiger partial charge in [-0.15, -0.1) is 0 Å². The number of ether oxygens (including phenoxy) is 1. The van der Waals surface area contributed by atoms with E-state index in [4.69, 9.17) is 4.74 Å². The molecule has 0 radical (unpaired) electrons. The predicted molar refractivity (Wildman–Crippen MR) is 79.5 cm³/mol. The average Bonchev–Trinajstić information content (AvgIpc) is 3.33. The Hall–Kier alpha value is -1.94. The highest BCUT2D eigenvalue weighted by atomic mass is 19.1. The number of rotatable bonds is 6. The van der Waals surface area contributed by atoms with Crippen molar-refractivity contribution in [2.45, 2.75) is 32.0 Å². The number of methoxy groups -OCH3 is 1. The molecule has 1 fully saturated rings. The molecule has 1 aliphatic rings. The molecule has 0 atom stereocenters. The zero-order valence-electron chi connectivity index (χ0n) is 12.1. The summed E-state index contributed by atoms with van der Waals surface area (Å²) in [6.45, 7) is 1.53. The summed E-state index contributed by atoms with van der Waals surface area (Å²) < 4.78 is 18.8. The average molecular weight is 286 g/mol. The van der Waals surface area contributed by atoms with E-state index in [0.29, 0.717) is 12.6 Å². The zero-order valence-corrected chi connectivity index (χ0v) is 12.1. The van der Waals surface area contributed by atoms with E-state index in [-0.39, 0.29) is 5.82 Å². The van der Waals surface area contributed by atoms with E-state index < -0.39 is 0 Å². The highest BCUT2D eigenvalue weighted by molar-refractivity contribution is 5.34. The fourth-order valence-corrected chi connectivity index (χ4v) is 2.57. The largest absolute Gasteiger partial charge is 0.496 e. The lowest BCUT2D eigenvalue weighted by Gasteiger charge is -2.23. The molecular weight excluding hydrogens is 267 g/mol. The Morgan fingerprint density at radius 1 is 1.29 bits per heavy atom. The number of pyridine rings is 1. The van der Waals surface area contributed by atoms with Crippen molar-refractivity contribution >= 4 is 0 Å². The van der Waals surface area contributed by atoms with Crippen molar-refractivity contribution in [1.29, 1.82) is 0 Å². The quantitative estimate of drug-likeness (QED) is 0.814. The van der Waals surface area contributed by atoms with Crippen LogP contribution < -0.4 is 4.74 Å². The van der Waals surface area contributed by atoms with Crippen molar-refractivity contribution in [2.24, 2.45) is 0 Å². The second-order valence-corrected chi connectivity index (χ2v) is 5.45. The van der Waals surface area contributed by atoms with Gasteiger partial charge in [-0.05, 0) is 42.7 Å². The minimum Gasteiger partial charge on any atom is -0.496 e. The van der Waals surface area contributed by atoms with Crippen LogP contribution in [0, 0.1) is 5.82 Å². The third-order valence-corrected chi connectivity index (χ3v) is 3.79. The molecule has 4 heteroatoms. The maximum Gasteiger partial charge on any atom is 0.123 e. The van der Waals surface area contributed by atoms with E-state index >= 15 is 0 Å². The molecule has 0 amide bonds. The van der Waals surface area contributed by atoms with Crippen molar-refractivity contribution < 1.29 is 9.13 Å². The van der Waals surface area contributed by atoms with Crippen LogP contribution in [0.1, 0.15) is 24.0 Å². The van der Waals surface area contributed by atoms with Crippen molar-refractivity contribution in [1.82, 2.24) is 9.88 Å². The Balaban J connectivity index is 1.78. The van der Waals surface area contributed by atoms with Gasteiger partial charge >= 0.3 is 0 Å². The van der Waals surface area contributed by atoms with Crippen LogP contribution in [-0.4, -0.2) is 23.0 Å². The Kier molecular flexibility index (Phi) is 4.15. The first-order chi connectivity index (χ1) is 10.3. The monoisotopic (exact) mass is 286 g/mol. The molecule has 0 saturated heterocycles. The number of hydrogen-bond acceptors (Lipinski definition) is 3. The number of hydrogen-bond donors (Lipinski definition) is 0. The number of halogens is 1. The third-order valence-electron chi connectivity index (χ3n) is 3.79. The minimum absolute atomic E-state index is 0.220.